The van der Waals surface area contributed by atoms with Crippen LogP contribution in [-0.2, 0) is 14.4 Å². The summed E-state index contributed by atoms with van der Waals surface area (Å²) in [6, 6.07) is 11.6. The number of anilines is 2. The average Bonchev–Trinajstić information content (AvgIpc) is 3.52. The second kappa shape index (κ2) is 11.4. The van der Waals surface area contributed by atoms with Crippen molar-refractivity contribution in [3.63, 3.8) is 0 Å². The van der Waals surface area contributed by atoms with Crippen LogP contribution in [-0.4, -0.2) is 67.8 Å². The van der Waals surface area contributed by atoms with Crippen LogP contribution in [0.25, 0.3) is 0 Å². The van der Waals surface area contributed by atoms with Gasteiger partial charge in [0.05, 0.1) is 35.8 Å². The van der Waals surface area contributed by atoms with Crippen LogP contribution in [0.1, 0.15) is 37.8 Å². The van der Waals surface area contributed by atoms with Gasteiger partial charge in [0.2, 0.25) is 17.7 Å². The van der Waals surface area contributed by atoms with E-state index in [4.69, 9.17) is 4.74 Å². The fourth-order valence-corrected chi connectivity index (χ4v) is 10.3. The topological polar surface area (TPSA) is 108 Å². The van der Waals surface area contributed by atoms with Gasteiger partial charge in [0.25, 0.3) is 0 Å². The first-order valence-electron chi connectivity index (χ1n) is 13.8. The number of para-hydroxylation sites is 1. The molecule has 3 saturated heterocycles. The first-order chi connectivity index (χ1) is 19.2. The van der Waals surface area contributed by atoms with Gasteiger partial charge in [0.1, 0.15) is 11.8 Å². The van der Waals surface area contributed by atoms with E-state index in [9.17, 15) is 19.5 Å². The van der Waals surface area contributed by atoms with Crippen molar-refractivity contribution in [2.24, 2.45) is 11.8 Å². The molecular formula is C30H36BrN3O5S. The van der Waals surface area contributed by atoms with Crippen LogP contribution in [0.2, 0.25) is 0 Å². The summed E-state index contributed by atoms with van der Waals surface area (Å²) in [4.78, 5) is 43.8. The van der Waals surface area contributed by atoms with Crippen molar-refractivity contribution in [1.29, 1.82) is 0 Å². The minimum Gasteiger partial charge on any atom is -0.494 e. The first kappa shape index (κ1) is 29.0. The lowest BCUT2D eigenvalue weighted by molar-refractivity contribution is -0.141. The number of benzene rings is 2. The number of aryl methyl sites for hydroxylation is 2. The smallest absolute Gasteiger partial charge is 0.248 e. The van der Waals surface area contributed by atoms with Crippen molar-refractivity contribution < 1.29 is 24.2 Å². The minimum absolute atomic E-state index is 0.0396. The van der Waals surface area contributed by atoms with E-state index in [0.717, 1.165) is 16.8 Å². The number of aliphatic hydroxyl groups is 1. The van der Waals surface area contributed by atoms with E-state index in [0.29, 0.717) is 30.9 Å². The lowest BCUT2D eigenvalue weighted by atomic mass is 9.70. The Hall–Kier alpha value is -2.56. The van der Waals surface area contributed by atoms with Crippen LogP contribution in [0.4, 0.5) is 11.4 Å². The van der Waals surface area contributed by atoms with Gasteiger partial charge in [-0.2, -0.15) is 0 Å². The zero-order chi connectivity index (χ0) is 28.8. The van der Waals surface area contributed by atoms with Crippen LogP contribution in [0.15, 0.2) is 42.5 Å². The van der Waals surface area contributed by atoms with Crippen LogP contribution >= 0.6 is 27.7 Å². The highest BCUT2D eigenvalue weighted by Crippen LogP contribution is 2.68. The molecule has 2 bridgehead atoms. The number of alkyl halides is 1. The first-order valence-corrected chi connectivity index (χ1v) is 15.6. The zero-order valence-corrected chi connectivity index (χ0v) is 25.6. The molecule has 10 heteroatoms. The van der Waals surface area contributed by atoms with E-state index >= 15 is 0 Å². The number of aliphatic hydroxyl groups excluding tert-OH is 1. The predicted molar refractivity (Wildman–Crippen MR) is 161 cm³/mol. The molecule has 0 saturated carbocycles. The van der Waals surface area contributed by atoms with Crippen molar-refractivity contribution >= 4 is 56.8 Å². The van der Waals surface area contributed by atoms with Crippen molar-refractivity contribution in [3.8, 4) is 5.75 Å². The third kappa shape index (κ3) is 4.71. The number of nitrogens with zero attached hydrogens (tertiary/aromatic N) is 1. The van der Waals surface area contributed by atoms with Gasteiger partial charge in [-0.1, -0.05) is 41.1 Å². The molecule has 3 aliphatic heterocycles. The highest BCUT2D eigenvalue weighted by molar-refractivity contribution is 9.09. The monoisotopic (exact) mass is 629 g/mol. The summed E-state index contributed by atoms with van der Waals surface area (Å²) >= 11 is 5.38. The molecule has 3 N–H and O–H groups in total. The lowest BCUT2D eigenvalue weighted by Crippen LogP contribution is -2.55. The summed E-state index contributed by atoms with van der Waals surface area (Å²) in [5.41, 5.74) is 3.22. The third-order valence-corrected chi connectivity index (χ3v) is 11.7. The number of hydrogen-bond acceptors (Lipinski definition) is 6. The molecule has 7 atom stereocenters. The van der Waals surface area contributed by atoms with Gasteiger partial charge >= 0.3 is 0 Å². The number of rotatable bonds is 9. The van der Waals surface area contributed by atoms with E-state index in [1.54, 1.807) is 40.9 Å². The van der Waals surface area contributed by atoms with Gasteiger partial charge in [-0.15, -0.1) is 11.8 Å². The number of nitrogens with one attached hydrogen (secondary N) is 2. The Bertz CT molecular complexity index is 1280. The Labute approximate surface area is 247 Å². The van der Waals surface area contributed by atoms with Gasteiger partial charge in [0.15, 0.2) is 0 Å². The maximum atomic E-state index is 14.2. The highest BCUT2D eigenvalue weighted by atomic mass is 79.9. The van der Waals surface area contributed by atoms with Crippen molar-refractivity contribution in [2.75, 3.05) is 23.8 Å². The van der Waals surface area contributed by atoms with Gasteiger partial charge in [-0.3, -0.25) is 14.4 Å². The quantitative estimate of drug-likeness (QED) is 0.352. The zero-order valence-electron chi connectivity index (χ0n) is 23.1. The number of fused-ring (bicyclic) bond motifs is 1. The summed E-state index contributed by atoms with van der Waals surface area (Å²) < 4.78 is 4.71. The summed E-state index contributed by atoms with van der Waals surface area (Å²) in [7, 11) is 0. The van der Waals surface area contributed by atoms with Gasteiger partial charge in [-0.05, 0) is 69.0 Å². The van der Waals surface area contributed by atoms with E-state index < -0.39 is 28.7 Å². The molecule has 2 aromatic carbocycles. The van der Waals surface area contributed by atoms with Crippen molar-refractivity contribution in [2.45, 2.75) is 67.4 Å². The van der Waals surface area contributed by atoms with Crippen LogP contribution in [0.5, 0.6) is 5.75 Å². The second-order valence-corrected chi connectivity index (χ2v) is 13.6. The van der Waals surface area contributed by atoms with Crippen molar-refractivity contribution in [3.05, 3.63) is 53.6 Å². The van der Waals surface area contributed by atoms with Crippen molar-refractivity contribution in [1.82, 2.24) is 4.90 Å². The Morgan fingerprint density at radius 2 is 1.80 bits per heavy atom. The SMILES string of the molecule is CCOc1ccc(NC(=O)[C@H]2[C@H]3C(=O)N([C@@H](CC)CO)C(C(=O)Nc4c(C)cccc4C)C34CC(Br)[C@@H]2S4)cc1. The Morgan fingerprint density at radius 1 is 1.12 bits per heavy atom. The molecule has 40 heavy (non-hydrogen) atoms. The molecule has 214 valence electrons. The molecule has 0 aromatic heterocycles. The van der Waals surface area contributed by atoms with Gasteiger partial charge in [-0.25, -0.2) is 0 Å². The second-order valence-electron chi connectivity index (χ2n) is 10.9. The summed E-state index contributed by atoms with van der Waals surface area (Å²) in [5.74, 6) is -1.33. The number of hydrogen-bond donors (Lipinski definition) is 3. The fourth-order valence-electron chi connectivity index (χ4n) is 6.70. The van der Waals surface area contributed by atoms with Crippen LogP contribution in [0.3, 0.4) is 0 Å². The summed E-state index contributed by atoms with van der Waals surface area (Å²) in [6.45, 7) is 7.98. The number of thioether (sulfide) groups is 1. The minimum atomic E-state index is -0.820. The molecular weight excluding hydrogens is 594 g/mol. The fraction of sp³-hybridized carbons (Fsp3) is 0.500. The lowest BCUT2D eigenvalue weighted by Gasteiger charge is -2.37. The highest BCUT2D eigenvalue weighted by Gasteiger charge is 2.76. The molecule has 2 aromatic rings. The third-order valence-electron chi connectivity index (χ3n) is 8.52. The predicted octanol–water partition coefficient (Wildman–Crippen LogP) is 4.51. The maximum absolute atomic E-state index is 14.2. The summed E-state index contributed by atoms with van der Waals surface area (Å²) in [5, 5.41) is 16.2. The van der Waals surface area contributed by atoms with E-state index in [-0.39, 0.29) is 34.4 Å². The molecule has 3 aliphatic rings. The Morgan fingerprint density at radius 3 is 2.40 bits per heavy atom. The molecule has 8 nitrogen and oxygen atoms in total. The Kier molecular flexibility index (Phi) is 8.23. The molecule has 5 rings (SSSR count). The Balaban J connectivity index is 1.50. The average molecular weight is 631 g/mol. The normalized spacial score (nSPS) is 29.3. The molecule has 3 heterocycles. The standard InChI is InChI=1S/C30H36BrN3O5S/c1-5-19(15-35)34-26(28(37)33-24-16(3)8-7-9-17(24)4)30-14-21(31)25(40-30)22(23(30)29(34)38)27(36)32-18-10-12-20(13-11-18)39-6-2/h7-13,19,21-23,25-26,35H,5-6,14-15H2,1-4H3,(H,32,36)(H,33,37)/t19-,21?,22-,23-,25-,26?,30?/m0/s1. The molecule has 0 aliphatic carbocycles. The molecule has 1 spiro atoms. The number of halogens is 1. The number of ether oxygens (including phenoxy) is 1. The van der Waals surface area contributed by atoms with Crippen LogP contribution < -0.4 is 15.4 Å². The van der Waals surface area contributed by atoms with Crippen LogP contribution in [0, 0.1) is 25.7 Å². The number of carbonyl (C=O) groups excluding carboxylic acids is 3. The molecule has 0 radical (unpaired) electrons. The largest absolute Gasteiger partial charge is 0.494 e. The van der Waals surface area contributed by atoms with E-state index in [1.807, 2.05) is 45.9 Å². The molecule has 3 fully saturated rings. The van der Waals surface area contributed by atoms with E-state index in [2.05, 4.69) is 26.6 Å². The summed E-state index contributed by atoms with van der Waals surface area (Å²) in [6.07, 6.45) is 1.07. The number of likely N-dealkylation sites (tertiary alicyclic amines) is 1. The molecule has 3 unspecified atom stereocenters. The van der Waals surface area contributed by atoms with Gasteiger partial charge in [0, 0.05) is 21.5 Å². The maximum Gasteiger partial charge on any atom is 0.248 e. The number of carbonyl (C=O) groups is 3. The number of amides is 3. The molecule has 3 amide bonds. The van der Waals surface area contributed by atoms with E-state index in [1.165, 1.54) is 0 Å². The van der Waals surface area contributed by atoms with Gasteiger partial charge < -0.3 is 25.4 Å².